The van der Waals surface area contributed by atoms with Crippen LogP contribution in [0.3, 0.4) is 0 Å². The van der Waals surface area contributed by atoms with E-state index < -0.39 is 0 Å². The van der Waals surface area contributed by atoms with Gasteiger partial charge in [0.2, 0.25) is 0 Å². The molecule has 96 valence electrons. The standard InChI is InChI=1S/C14H17ClN2O/c15-13-3-1-2-12(16-13)14(18)17(8-10-4-5-10)9-11-6-7-11/h1-3,10-11H,4-9H2. The normalized spacial score (nSPS) is 18.7. The van der Waals surface area contributed by atoms with Crippen molar-refractivity contribution in [3.63, 3.8) is 0 Å². The molecule has 0 radical (unpaired) electrons. The second kappa shape index (κ2) is 4.88. The Balaban J connectivity index is 1.72. The summed E-state index contributed by atoms with van der Waals surface area (Å²) in [4.78, 5) is 18.5. The van der Waals surface area contributed by atoms with E-state index in [0.29, 0.717) is 22.7 Å². The van der Waals surface area contributed by atoms with E-state index in [-0.39, 0.29) is 5.91 Å². The van der Waals surface area contributed by atoms with Gasteiger partial charge in [0.15, 0.2) is 0 Å². The fraction of sp³-hybridized carbons (Fsp3) is 0.571. The van der Waals surface area contributed by atoms with Crippen LogP contribution in [0.25, 0.3) is 0 Å². The molecule has 3 rings (SSSR count). The van der Waals surface area contributed by atoms with Gasteiger partial charge in [-0.25, -0.2) is 4.98 Å². The topological polar surface area (TPSA) is 33.2 Å². The maximum atomic E-state index is 12.4. The number of hydrogen-bond donors (Lipinski definition) is 0. The van der Waals surface area contributed by atoms with Gasteiger partial charge in [-0.1, -0.05) is 17.7 Å². The maximum Gasteiger partial charge on any atom is 0.272 e. The lowest BCUT2D eigenvalue weighted by Gasteiger charge is -2.22. The molecule has 2 aliphatic rings. The van der Waals surface area contributed by atoms with Crippen molar-refractivity contribution in [1.29, 1.82) is 0 Å². The van der Waals surface area contributed by atoms with Crippen LogP contribution in [-0.4, -0.2) is 28.9 Å². The smallest absolute Gasteiger partial charge is 0.272 e. The quantitative estimate of drug-likeness (QED) is 0.766. The summed E-state index contributed by atoms with van der Waals surface area (Å²) >= 11 is 5.85. The van der Waals surface area contributed by atoms with Crippen molar-refractivity contribution in [3.8, 4) is 0 Å². The summed E-state index contributed by atoms with van der Waals surface area (Å²) < 4.78 is 0. The molecule has 0 unspecified atom stereocenters. The first-order valence-electron chi connectivity index (χ1n) is 6.64. The van der Waals surface area contributed by atoms with Crippen LogP contribution in [0.1, 0.15) is 36.2 Å². The number of nitrogens with zero attached hydrogens (tertiary/aromatic N) is 2. The Morgan fingerprint density at radius 2 is 1.83 bits per heavy atom. The molecule has 0 atom stereocenters. The molecular weight excluding hydrogens is 248 g/mol. The first-order chi connectivity index (χ1) is 8.72. The van der Waals surface area contributed by atoms with Gasteiger partial charge in [-0.2, -0.15) is 0 Å². The summed E-state index contributed by atoms with van der Waals surface area (Å²) in [6.45, 7) is 1.78. The molecule has 0 saturated heterocycles. The molecule has 1 amide bonds. The number of aromatic nitrogens is 1. The minimum atomic E-state index is 0.0382. The van der Waals surface area contributed by atoms with Crippen molar-refractivity contribution in [1.82, 2.24) is 9.88 Å². The number of carbonyl (C=O) groups excluding carboxylic acids is 1. The third-order valence-electron chi connectivity index (χ3n) is 3.57. The molecule has 1 heterocycles. The van der Waals surface area contributed by atoms with E-state index in [1.807, 2.05) is 4.90 Å². The lowest BCUT2D eigenvalue weighted by Crippen LogP contribution is -2.35. The van der Waals surface area contributed by atoms with Gasteiger partial charge in [-0.15, -0.1) is 0 Å². The first-order valence-corrected chi connectivity index (χ1v) is 7.02. The molecule has 0 aromatic carbocycles. The van der Waals surface area contributed by atoms with Gasteiger partial charge in [0.25, 0.3) is 5.91 Å². The highest BCUT2D eigenvalue weighted by Gasteiger charge is 2.32. The third-order valence-corrected chi connectivity index (χ3v) is 3.78. The minimum Gasteiger partial charge on any atom is -0.337 e. The Morgan fingerprint density at radius 3 is 2.33 bits per heavy atom. The van der Waals surface area contributed by atoms with E-state index in [1.165, 1.54) is 25.7 Å². The Kier molecular flexibility index (Phi) is 3.25. The van der Waals surface area contributed by atoms with E-state index in [1.54, 1.807) is 18.2 Å². The minimum absolute atomic E-state index is 0.0382. The SMILES string of the molecule is O=C(c1cccc(Cl)n1)N(CC1CC1)CC1CC1. The van der Waals surface area contributed by atoms with Gasteiger partial charge in [0.05, 0.1) is 0 Å². The van der Waals surface area contributed by atoms with E-state index in [2.05, 4.69) is 4.98 Å². The molecule has 3 nitrogen and oxygen atoms in total. The van der Waals surface area contributed by atoms with Crippen LogP contribution in [0.4, 0.5) is 0 Å². The van der Waals surface area contributed by atoms with Crippen LogP contribution in [0, 0.1) is 11.8 Å². The van der Waals surface area contributed by atoms with Crippen LogP contribution in [-0.2, 0) is 0 Å². The van der Waals surface area contributed by atoms with Crippen molar-refractivity contribution >= 4 is 17.5 Å². The van der Waals surface area contributed by atoms with Crippen LogP contribution >= 0.6 is 11.6 Å². The zero-order valence-electron chi connectivity index (χ0n) is 10.3. The van der Waals surface area contributed by atoms with E-state index >= 15 is 0 Å². The third kappa shape index (κ3) is 3.02. The lowest BCUT2D eigenvalue weighted by atomic mass is 10.2. The summed E-state index contributed by atoms with van der Waals surface area (Å²) in [5.74, 6) is 1.47. The molecular formula is C14H17ClN2O. The zero-order chi connectivity index (χ0) is 12.5. The maximum absolute atomic E-state index is 12.4. The highest BCUT2D eigenvalue weighted by Crippen LogP contribution is 2.34. The van der Waals surface area contributed by atoms with Crippen molar-refractivity contribution < 1.29 is 4.79 Å². The molecule has 0 spiro atoms. The van der Waals surface area contributed by atoms with Crippen LogP contribution < -0.4 is 0 Å². The summed E-state index contributed by atoms with van der Waals surface area (Å²) in [5.41, 5.74) is 0.476. The summed E-state index contributed by atoms with van der Waals surface area (Å²) in [6, 6.07) is 5.24. The Labute approximate surface area is 112 Å². The van der Waals surface area contributed by atoms with Gasteiger partial charge >= 0.3 is 0 Å². The van der Waals surface area contributed by atoms with Crippen molar-refractivity contribution in [3.05, 3.63) is 29.0 Å². The number of pyridine rings is 1. The van der Waals surface area contributed by atoms with E-state index in [4.69, 9.17) is 11.6 Å². The zero-order valence-corrected chi connectivity index (χ0v) is 11.1. The number of carbonyl (C=O) groups is 1. The van der Waals surface area contributed by atoms with Crippen molar-refractivity contribution in [2.75, 3.05) is 13.1 Å². The van der Waals surface area contributed by atoms with Gasteiger partial charge in [-0.3, -0.25) is 4.79 Å². The Bertz CT molecular complexity index is 441. The van der Waals surface area contributed by atoms with Crippen LogP contribution in [0.2, 0.25) is 5.15 Å². The predicted octanol–water partition coefficient (Wildman–Crippen LogP) is 3.00. The molecule has 1 aromatic heterocycles. The molecule has 2 aliphatic carbocycles. The first kappa shape index (κ1) is 12.0. The highest BCUT2D eigenvalue weighted by atomic mass is 35.5. The van der Waals surface area contributed by atoms with E-state index in [9.17, 15) is 4.79 Å². The Morgan fingerprint density at radius 1 is 1.22 bits per heavy atom. The van der Waals surface area contributed by atoms with Gasteiger partial charge in [-0.05, 0) is 49.7 Å². The molecule has 2 fully saturated rings. The molecule has 0 N–H and O–H groups in total. The Hall–Kier alpha value is -1.09. The van der Waals surface area contributed by atoms with Crippen molar-refractivity contribution in [2.45, 2.75) is 25.7 Å². The molecule has 0 bridgehead atoms. The van der Waals surface area contributed by atoms with Gasteiger partial charge in [0.1, 0.15) is 10.8 Å². The number of hydrogen-bond acceptors (Lipinski definition) is 2. The summed E-state index contributed by atoms with van der Waals surface area (Å²) in [6.07, 6.45) is 5.05. The number of rotatable bonds is 5. The molecule has 0 aliphatic heterocycles. The lowest BCUT2D eigenvalue weighted by molar-refractivity contribution is 0.0733. The monoisotopic (exact) mass is 264 g/mol. The second-order valence-corrected chi connectivity index (χ2v) is 5.83. The predicted molar refractivity (Wildman–Crippen MR) is 70.6 cm³/mol. The summed E-state index contributed by atoms with van der Waals surface area (Å²) in [7, 11) is 0. The second-order valence-electron chi connectivity index (χ2n) is 5.44. The average molecular weight is 265 g/mol. The largest absolute Gasteiger partial charge is 0.337 e. The molecule has 18 heavy (non-hydrogen) atoms. The van der Waals surface area contributed by atoms with Gasteiger partial charge < -0.3 is 4.90 Å². The average Bonchev–Trinajstić information content (AvgIpc) is 3.22. The molecule has 1 aromatic rings. The van der Waals surface area contributed by atoms with Crippen LogP contribution in [0.15, 0.2) is 18.2 Å². The van der Waals surface area contributed by atoms with Gasteiger partial charge in [0, 0.05) is 13.1 Å². The van der Waals surface area contributed by atoms with Crippen molar-refractivity contribution in [2.24, 2.45) is 11.8 Å². The van der Waals surface area contributed by atoms with E-state index in [0.717, 1.165) is 13.1 Å². The molecule has 2 saturated carbocycles. The number of amides is 1. The summed E-state index contributed by atoms with van der Waals surface area (Å²) in [5, 5.41) is 0.388. The fourth-order valence-electron chi connectivity index (χ4n) is 2.15. The number of halogens is 1. The van der Waals surface area contributed by atoms with Crippen LogP contribution in [0.5, 0.6) is 0 Å². The molecule has 4 heteroatoms. The highest BCUT2D eigenvalue weighted by molar-refractivity contribution is 6.29. The fourth-order valence-corrected chi connectivity index (χ4v) is 2.32.